The van der Waals surface area contributed by atoms with Crippen molar-refractivity contribution >= 4 is 11.5 Å². The SMILES string of the molecule is Cc1ccc(Cn2c(Nc3cccc(C(F)(F)F)c3)cn(C)c2=O)cc1. The predicted molar refractivity (Wildman–Crippen MR) is 94.7 cm³/mol. The lowest BCUT2D eigenvalue weighted by molar-refractivity contribution is -0.137. The zero-order chi connectivity index (χ0) is 18.9. The second kappa shape index (κ2) is 6.74. The monoisotopic (exact) mass is 361 g/mol. The molecule has 3 rings (SSSR count). The molecule has 2 aromatic carbocycles. The fourth-order valence-corrected chi connectivity index (χ4v) is 2.65. The highest BCUT2D eigenvalue weighted by molar-refractivity contribution is 5.57. The van der Waals surface area contributed by atoms with E-state index in [4.69, 9.17) is 0 Å². The van der Waals surface area contributed by atoms with Crippen molar-refractivity contribution in [3.8, 4) is 0 Å². The summed E-state index contributed by atoms with van der Waals surface area (Å²) in [6, 6.07) is 12.6. The van der Waals surface area contributed by atoms with E-state index in [9.17, 15) is 18.0 Å². The van der Waals surface area contributed by atoms with E-state index < -0.39 is 11.7 Å². The predicted octanol–water partition coefficient (Wildman–Crippen LogP) is 4.31. The van der Waals surface area contributed by atoms with Crippen molar-refractivity contribution in [1.29, 1.82) is 0 Å². The molecule has 1 heterocycles. The Labute approximate surface area is 148 Å². The van der Waals surface area contributed by atoms with Crippen molar-refractivity contribution in [3.05, 3.63) is 81.9 Å². The lowest BCUT2D eigenvalue weighted by Crippen LogP contribution is -2.23. The summed E-state index contributed by atoms with van der Waals surface area (Å²) in [7, 11) is 1.60. The van der Waals surface area contributed by atoms with Crippen LogP contribution in [0.1, 0.15) is 16.7 Å². The van der Waals surface area contributed by atoms with E-state index in [-0.39, 0.29) is 11.4 Å². The normalized spacial score (nSPS) is 11.6. The molecular weight excluding hydrogens is 343 g/mol. The van der Waals surface area contributed by atoms with Crippen LogP contribution in [0.3, 0.4) is 0 Å². The van der Waals surface area contributed by atoms with Crippen LogP contribution in [0, 0.1) is 6.92 Å². The Morgan fingerprint density at radius 1 is 1.08 bits per heavy atom. The number of halogens is 3. The van der Waals surface area contributed by atoms with Crippen molar-refractivity contribution in [2.75, 3.05) is 5.32 Å². The maximum Gasteiger partial charge on any atom is 0.416 e. The maximum absolute atomic E-state index is 12.9. The van der Waals surface area contributed by atoms with Crippen LogP contribution >= 0.6 is 0 Å². The summed E-state index contributed by atoms with van der Waals surface area (Å²) in [5.74, 6) is 0.428. The van der Waals surface area contributed by atoms with E-state index >= 15 is 0 Å². The molecule has 0 saturated carbocycles. The highest BCUT2D eigenvalue weighted by Gasteiger charge is 2.30. The summed E-state index contributed by atoms with van der Waals surface area (Å²) >= 11 is 0. The molecule has 136 valence electrons. The van der Waals surface area contributed by atoms with Crippen LogP contribution in [-0.2, 0) is 19.8 Å². The number of aryl methyl sites for hydroxylation is 2. The molecule has 0 radical (unpaired) electrons. The number of nitrogens with one attached hydrogen (secondary N) is 1. The van der Waals surface area contributed by atoms with E-state index in [1.54, 1.807) is 13.2 Å². The number of nitrogens with zero attached hydrogens (tertiary/aromatic N) is 2. The molecule has 0 amide bonds. The van der Waals surface area contributed by atoms with Gasteiger partial charge in [-0.25, -0.2) is 4.79 Å². The Hall–Kier alpha value is -2.96. The minimum Gasteiger partial charge on any atom is -0.340 e. The van der Waals surface area contributed by atoms with E-state index in [2.05, 4.69) is 5.32 Å². The van der Waals surface area contributed by atoms with Gasteiger partial charge in [-0.1, -0.05) is 35.9 Å². The first-order valence-corrected chi connectivity index (χ1v) is 8.00. The van der Waals surface area contributed by atoms with Gasteiger partial charge in [-0.05, 0) is 30.7 Å². The first-order valence-electron chi connectivity index (χ1n) is 8.00. The third-order valence-corrected chi connectivity index (χ3v) is 4.06. The number of benzene rings is 2. The third-order valence-electron chi connectivity index (χ3n) is 4.06. The van der Waals surface area contributed by atoms with Gasteiger partial charge in [0.15, 0.2) is 0 Å². The van der Waals surface area contributed by atoms with Crippen LogP contribution in [0.15, 0.2) is 59.5 Å². The van der Waals surface area contributed by atoms with E-state index in [0.717, 1.165) is 23.3 Å². The van der Waals surface area contributed by atoms with Gasteiger partial charge in [-0.15, -0.1) is 0 Å². The van der Waals surface area contributed by atoms with Gasteiger partial charge in [0.05, 0.1) is 12.1 Å². The molecule has 0 spiro atoms. The quantitative estimate of drug-likeness (QED) is 0.752. The summed E-state index contributed by atoms with van der Waals surface area (Å²) in [4.78, 5) is 12.4. The van der Waals surface area contributed by atoms with Gasteiger partial charge >= 0.3 is 11.9 Å². The zero-order valence-electron chi connectivity index (χ0n) is 14.3. The van der Waals surface area contributed by atoms with Gasteiger partial charge in [0, 0.05) is 18.9 Å². The molecule has 0 bridgehead atoms. The molecule has 0 aliphatic carbocycles. The smallest absolute Gasteiger partial charge is 0.340 e. The van der Waals surface area contributed by atoms with Crippen LogP contribution in [0.2, 0.25) is 0 Å². The minimum atomic E-state index is -4.42. The molecule has 4 nitrogen and oxygen atoms in total. The molecule has 0 aliphatic heterocycles. The van der Waals surface area contributed by atoms with Gasteiger partial charge in [0.1, 0.15) is 5.82 Å². The maximum atomic E-state index is 12.9. The van der Waals surface area contributed by atoms with Crippen molar-refractivity contribution in [2.24, 2.45) is 7.05 Å². The van der Waals surface area contributed by atoms with Gasteiger partial charge in [-0.3, -0.25) is 4.57 Å². The van der Waals surface area contributed by atoms with Crippen LogP contribution in [-0.4, -0.2) is 9.13 Å². The molecule has 1 aromatic heterocycles. The molecule has 3 aromatic rings. The van der Waals surface area contributed by atoms with E-state index in [1.165, 1.54) is 21.3 Å². The topological polar surface area (TPSA) is 39.0 Å². The Balaban J connectivity index is 1.93. The van der Waals surface area contributed by atoms with Crippen molar-refractivity contribution in [1.82, 2.24) is 9.13 Å². The molecule has 0 aliphatic rings. The Kier molecular flexibility index (Phi) is 4.63. The highest BCUT2D eigenvalue weighted by Crippen LogP contribution is 2.31. The number of rotatable bonds is 4. The summed E-state index contributed by atoms with van der Waals surface area (Å²) in [6.45, 7) is 2.29. The highest BCUT2D eigenvalue weighted by atomic mass is 19.4. The summed E-state index contributed by atoms with van der Waals surface area (Å²) in [5, 5.41) is 2.92. The lowest BCUT2D eigenvalue weighted by atomic mass is 10.1. The fraction of sp³-hybridized carbons (Fsp3) is 0.211. The van der Waals surface area contributed by atoms with Crippen molar-refractivity contribution in [3.63, 3.8) is 0 Å². The molecular formula is C19H18F3N3O. The molecule has 7 heteroatoms. The summed E-state index contributed by atoms with van der Waals surface area (Å²) in [5.41, 5.74) is 1.31. The molecule has 0 unspecified atom stereocenters. The lowest BCUT2D eigenvalue weighted by Gasteiger charge is -2.12. The second-order valence-electron chi connectivity index (χ2n) is 6.18. The second-order valence-corrected chi connectivity index (χ2v) is 6.18. The number of anilines is 2. The van der Waals surface area contributed by atoms with Crippen molar-refractivity contribution in [2.45, 2.75) is 19.6 Å². The van der Waals surface area contributed by atoms with E-state index in [0.29, 0.717) is 12.4 Å². The number of aromatic nitrogens is 2. The first-order chi connectivity index (χ1) is 12.2. The third kappa shape index (κ3) is 3.82. The average molecular weight is 361 g/mol. The molecule has 26 heavy (non-hydrogen) atoms. The Bertz CT molecular complexity index is 969. The molecule has 0 saturated heterocycles. The summed E-state index contributed by atoms with van der Waals surface area (Å²) < 4.78 is 41.5. The number of imidazole rings is 1. The standard InChI is InChI=1S/C19H18F3N3O/c1-13-6-8-14(9-7-13)11-25-17(12-24(2)18(25)26)23-16-5-3-4-15(10-16)19(20,21)22/h3-10,12,23H,11H2,1-2H3. The first kappa shape index (κ1) is 17.8. The van der Waals surface area contributed by atoms with Gasteiger partial charge < -0.3 is 9.88 Å². The summed E-state index contributed by atoms with van der Waals surface area (Å²) in [6.07, 6.45) is -2.85. The number of hydrogen-bond acceptors (Lipinski definition) is 2. The van der Waals surface area contributed by atoms with Crippen LogP contribution in [0.25, 0.3) is 0 Å². The Morgan fingerprint density at radius 2 is 1.77 bits per heavy atom. The van der Waals surface area contributed by atoms with Gasteiger partial charge in [-0.2, -0.15) is 13.2 Å². The van der Waals surface area contributed by atoms with Gasteiger partial charge in [0.2, 0.25) is 0 Å². The molecule has 1 N–H and O–H groups in total. The Morgan fingerprint density at radius 3 is 2.42 bits per heavy atom. The number of alkyl halides is 3. The zero-order valence-corrected chi connectivity index (χ0v) is 14.3. The van der Waals surface area contributed by atoms with Gasteiger partial charge in [0.25, 0.3) is 0 Å². The largest absolute Gasteiger partial charge is 0.416 e. The van der Waals surface area contributed by atoms with Crippen molar-refractivity contribution < 1.29 is 13.2 Å². The van der Waals surface area contributed by atoms with Crippen LogP contribution < -0.4 is 11.0 Å². The van der Waals surface area contributed by atoms with Crippen LogP contribution in [0.4, 0.5) is 24.7 Å². The average Bonchev–Trinajstić information content (AvgIpc) is 2.84. The molecule has 0 fully saturated rings. The minimum absolute atomic E-state index is 0.250. The number of hydrogen-bond donors (Lipinski definition) is 1. The van der Waals surface area contributed by atoms with E-state index in [1.807, 2.05) is 31.2 Å². The van der Waals surface area contributed by atoms with Crippen LogP contribution in [0.5, 0.6) is 0 Å². The fourth-order valence-electron chi connectivity index (χ4n) is 2.65. The molecule has 0 atom stereocenters.